The first-order valence-electron chi connectivity index (χ1n) is 4.79. The minimum Gasteiger partial charge on any atom is -0.461 e. The van der Waals surface area contributed by atoms with Crippen LogP contribution in [0.3, 0.4) is 0 Å². The van der Waals surface area contributed by atoms with Gasteiger partial charge >= 0.3 is 5.97 Å². The molecule has 1 rings (SSSR count). The molecule has 0 unspecified atom stereocenters. The molecule has 0 bridgehead atoms. The normalized spacial score (nSPS) is 9.88. The highest BCUT2D eigenvalue weighted by atomic mass is 16.5. The lowest BCUT2D eigenvalue weighted by molar-refractivity contribution is -0.121. The third-order valence-electron chi connectivity index (χ3n) is 1.84. The Morgan fingerprint density at radius 2 is 2.31 bits per heavy atom. The van der Waals surface area contributed by atoms with Crippen LogP contribution in [0.5, 0.6) is 0 Å². The molecule has 0 aliphatic heterocycles. The number of anilines is 1. The van der Waals surface area contributed by atoms with Gasteiger partial charge in [-0.3, -0.25) is 9.48 Å². The molecule has 1 amide bonds. The molecule has 1 heterocycles. The molecule has 0 aromatic carbocycles. The average Bonchev–Trinajstić information content (AvgIpc) is 2.59. The summed E-state index contributed by atoms with van der Waals surface area (Å²) in [5, 5.41) is 6.31. The first kappa shape index (κ1) is 12.0. The monoisotopic (exact) mass is 226 g/mol. The number of carbonyl (C=O) groups excluding carboxylic acids is 2. The first-order valence-corrected chi connectivity index (χ1v) is 4.79. The SMILES string of the molecule is CCOC(=O)c1nn(CC(=O)NC)cc1N. The summed E-state index contributed by atoms with van der Waals surface area (Å²) in [6, 6.07) is 0. The van der Waals surface area contributed by atoms with E-state index in [0.717, 1.165) is 0 Å². The fraction of sp³-hybridized carbons (Fsp3) is 0.444. The highest BCUT2D eigenvalue weighted by Gasteiger charge is 2.16. The fourth-order valence-electron chi connectivity index (χ4n) is 1.10. The second-order valence-electron chi connectivity index (χ2n) is 3.02. The minimum absolute atomic E-state index is 0.0140. The lowest BCUT2D eigenvalue weighted by atomic mass is 10.4. The van der Waals surface area contributed by atoms with Crippen LogP contribution in [0, 0.1) is 0 Å². The number of amides is 1. The van der Waals surface area contributed by atoms with Crippen molar-refractivity contribution in [3.63, 3.8) is 0 Å². The van der Waals surface area contributed by atoms with Crippen LogP contribution in [0.2, 0.25) is 0 Å². The molecular weight excluding hydrogens is 212 g/mol. The van der Waals surface area contributed by atoms with Crippen molar-refractivity contribution in [1.29, 1.82) is 0 Å². The van der Waals surface area contributed by atoms with Crippen molar-refractivity contribution < 1.29 is 14.3 Å². The maximum atomic E-state index is 11.4. The van der Waals surface area contributed by atoms with Crippen LogP contribution in [0.1, 0.15) is 17.4 Å². The van der Waals surface area contributed by atoms with Crippen LogP contribution in [-0.2, 0) is 16.1 Å². The molecule has 7 heteroatoms. The van der Waals surface area contributed by atoms with Gasteiger partial charge in [0.1, 0.15) is 6.54 Å². The third-order valence-corrected chi connectivity index (χ3v) is 1.84. The van der Waals surface area contributed by atoms with Gasteiger partial charge in [0, 0.05) is 13.2 Å². The van der Waals surface area contributed by atoms with Gasteiger partial charge < -0.3 is 15.8 Å². The summed E-state index contributed by atoms with van der Waals surface area (Å²) in [5.74, 6) is -0.812. The Kier molecular flexibility index (Phi) is 3.87. The summed E-state index contributed by atoms with van der Waals surface area (Å²) in [6.45, 7) is 1.95. The second-order valence-corrected chi connectivity index (χ2v) is 3.02. The summed E-state index contributed by atoms with van der Waals surface area (Å²) < 4.78 is 6.05. The summed E-state index contributed by atoms with van der Waals surface area (Å²) in [5.41, 5.74) is 5.80. The Morgan fingerprint density at radius 3 is 2.88 bits per heavy atom. The van der Waals surface area contributed by atoms with Gasteiger partial charge in [-0.05, 0) is 6.92 Å². The Labute approximate surface area is 92.6 Å². The van der Waals surface area contributed by atoms with Crippen LogP contribution < -0.4 is 11.1 Å². The molecule has 0 atom stereocenters. The van der Waals surface area contributed by atoms with Gasteiger partial charge in [0.15, 0.2) is 5.69 Å². The van der Waals surface area contributed by atoms with Crippen molar-refractivity contribution in [2.24, 2.45) is 0 Å². The van der Waals surface area contributed by atoms with Crippen molar-refractivity contribution in [3.8, 4) is 0 Å². The van der Waals surface area contributed by atoms with Crippen LogP contribution in [-0.4, -0.2) is 35.3 Å². The van der Waals surface area contributed by atoms with E-state index in [1.54, 1.807) is 6.92 Å². The van der Waals surface area contributed by atoms with Crippen molar-refractivity contribution in [2.75, 3.05) is 19.4 Å². The van der Waals surface area contributed by atoms with Crippen molar-refractivity contribution in [1.82, 2.24) is 15.1 Å². The van der Waals surface area contributed by atoms with E-state index in [1.807, 2.05) is 0 Å². The Bertz CT molecular complexity index is 399. The zero-order valence-electron chi connectivity index (χ0n) is 9.19. The van der Waals surface area contributed by atoms with E-state index in [1.165, 1.54) is 17.9 Å². The van der Waals surface area contributed by atoms with Gasteiger partial charge in [-0.1, -0.05) is 0 Å². The molecule has 16 heavy (non-hydrogen) atoms. The number of nitrogens with one attached hydrogen (secondary N) is 1. The number of likely N-dealkylation sites (N-methyl/N-ethyl adjacent to an activating group) is 1. The number of aromatic nitrogens is 2. The van der Waals surface area contributed by atoms with Gasteiger partial charge in [0.25, 0.3) is 0 Å². The van der Waals surface area contributed by atoms with Gasteiger partial charge in [0.2, 0.25) is 5.91 Å². The van der Waals surface area contributed by atoms with E-state index in [-0.39, 0.29) is 30.4 Å². The third kappa shape index (κ3) is 2.72. The molecule has 1 aromatic rings. The number of rotatable bonds is 4. The predicted octanol–water partition coefficient (Wildman–Crippen LogP) is -0.612. The van der Waals surface area contributed by atoms with E-state index in [2.05, 4.69) is 10.4 Å². The number of carbonyl (C=O) groups is 2. The number of hydrogen-bond donors (Lipinski definition) is 2. The van der Waals surface area contributed by atoms with Crippen LogP contribution >= 0.6 is 0 Å². The van der Waals surface area contributed by atoms with E-state index in [0.29, 0.717) is 0 Å². The maximum absolute atomic E-state index is 11.4. The Hall–Kier alpha value is -2.05. The molecule has 0 saturated heterocycles. The quantitative estimate of drug-likeness (QED) is 0.667. The second kappa shape index (κ2) is 5.15. The minimum atomic E-state index is -0.587. The summed E-state index contributed by atoms with van der Waals surface area (Å²) >= 11 is 0. The smallest absolute Gasteiger partial charge is 0.361 e. The molecule has 0 spiro atoms. The molecule has 0 aliphatic rings. The molecule has 7 nitrogen and oxygen atoms in total. The lowest BCUT2D eigenvalue weighted by Gasteiger charge is -1.99. The Balaban J connectivity index is 2.81. The zero-order valence-corrected chi connectivity index (χ0v) is 9.19. The lowest BCUT2D eigenvalue weighted by Crippen LogP contribution is -2.23. The molecular formula is C9H14N4O3. The van der Waals surface area contributed by atoms with E-state index in [4.69, 9.17) is 10.5 Å². The van der Waals surface area contributed by atoms with Crippen molar-refractivity contribution >= 4 is 17.6 Å². The number of esters is 1. The summed E-state index contributed by atoms with van der Waals surface area (Å²) in [6.07, 6.45) is 1.42. The number of nitrogen functional groups attached to an aromatic ring is 1. The first-order chi connectivity index (χ1) is 7.58. The summed E-state index contributed by atoms with van der Waals surface area (Å²) in [4.78, 5) is 22.4. The van der Waals surface area contributed by atoms with E-state index >= 15 is 0 Å². The number of hydrogen-bond acceptors (Lipinski definition) is 5. The van der Waals surface area contributed by atoms with Crippen LogP contribution in [0.15, 0.2) is 6.20 Å². The van der Waals surface area contributed by atoms with Crippen molar-refractivity contribution in [2.45, 2.75) is 13.5 Å². The zero-order chi connectivity index (χ0) is 12.1. The highest BCUT2D eigenvalue weighted by Crippen LogP contribution is 2.10. The van der Waals surface area contributed by atoms with Crippen LogP contribution in [0.25, 0.3) is 0 Å². The molecule has 1 aromatic heterocycles. The van der Waals surface area contributed by atoms with E-state index < -0.39 is 5.97 Å². The number of ether oxygens (including phenoxy) is 1. The Morgan fingerprint density at radius 1 is 1.62 bits per heavy atom. The molecule has 88 valence electrons. The maximum Gasteiger partial charge on any atom is 0.361 e. The topological polar surface area (TPSA) is 99.2 Å². The molecule has 0 radical (unpaired) electrons. The average molecular weight is 226 g/mol. The standard InChI is InChI=1S/C9H14N4O3/c1-3-16-9(15)8-6(10)4-13(12-8)5-7(14)11-2/h4H,3,5,10H2,1-2H3,(H,11,14). The largest absolute Gasteiger partial charge is 0.461 e. The van der Waals surface area contributed by atoms with Crippen molar-refractivity contribution in [3.05, 3.63) is 11.9 Å². The molecule has 0 aliphatic carbocycles. The molecule has 3 N–H and O–H groups in total. The highest BCUT2D eigenvalue weighted by molar-refractivity contribution is 5.92. The van der Waals surface area contributed by atoms with Gasteiger partial charge in [-0.15, -0.1) is 0 Å². The van der Waals surface area contributed by atoms with Gasteiger partial charge in [0.05, 0.1) is 12.3 Å². The number of nitrogens with zero attached hydrogens (tertiary/aromatic N) is 2. The van der Waals surface area contributed by atoms with Gasteiger partial charge in [-0.2, -0.15) is 5.10 Å². The molecule has 0 saturated carbocycles. The summed E-state index contributed by atoms with van der Waals surface area (Å²) in [7, 11) is 1.52. The van der Waals surface area contributed by atoms with Crippen LogP contribution in [0.4, 0.5) is 5.69 Å². The molecule has 0 fully saturated rings. The van der Waals surface area contributed by atoms with Gasteiger partial charge in [-0.25, -0.2) is 4.79 Å². The number of nitrogens with two attached hydrogens (primary N) is 1. The predicted molar refractivity (Wildman–Crippen MR) is 56.7 cm³/mol. The van der Waals surface area contributed by atoms with E-state index in [9.17, 15) is 9.59 Å². The fourth-order valence-corrected chi connectivity index (χ4v) is 1.10.